The molecular weight excluding hydrogens is 238 g/mol. The molecule has 1 nitrogen and oxygen atoms in total. The van der Waals surface area contributed by atoms with E-state index in [0.29, 0.717) is 11.8 Å². The molecule has 90 valence electrons. The lowest BCUT2D eigenvalue weighted by atomic mass is 9.84. The van der Waals surface area contributed by atoms with Crippen molar-refractivity contribution in [2.24, 2.45) is 0 Å². The molecule has 0 radical (unpaired) electrons. The Bertz CT molecular complexity index is 542. The largest absolute Gasteiger partial charge is 0.315 e. The molecule has 2 atom stereocenters. The van der Waals surface area contributed by atoms with E-state index in [4.69, 9.17) is 0 Å². The average Bonchev–Trinajstić information content (AvgIpc) is 2.84. The van der Waals surface area contributed by atoms with Crippen LogP contribution in [0.15, 0.2) is 58.3 Å². The number of rotatable bonds is 0. The van der Waals surface area contributed by atoms with Crippen LogP contribution in [-0.2, 0) is 0 Å². The maximum Gasteiger partial charge on any atom is 0.0158 e. The minimum Gasteiger partial charge on any atom is -0.315 e. The van der Waals surface area contributed by atoms with E-state index in [-0.39, 0.29) is 0 Å². The fourth-order valence-electron chi connectivity index (χ4n) is 3.21. The monoisotopic (exact) mass is 253 g/mol. The third kappa shape index (κ3) is 1.53. The van der Waals surface area contributed by atoms with Crippen LogP contribution in [0.2, 0.25) is 0 Å². The number of hydrogen-bond acceptors (Lipinski definition) is 2. The Kier molecular flexibility index (Phi) is 2.45. The van der Waals surface area contributed by atoms with Crippen LogP contribution in [0.1, 0.15) is 23.0 Å². The maximum atomic E-state index is 3.56. The van der Waals surface area contributed by atoms with Crippen LogP contribution < -0.4 is 5.32 Å². The van der Waals surface area contributed by atoms with Gasteiger partial charge in [0.1, 0.15) is 0 Å². The summed E-state index contributed by atoms with van der Waals surface area (Å²) in [5.41, 5.74) is 3.04. The summed E-state index contributed by atoms with van der Waals surface area (Å²) in [4.78, 5) is 2.86. The molecule has 2 aliphatic rings. The molecule has 2 heterocycles. The van der Waals surface area contributed by atoms with Gasteiger partial charge in [0, 0.05) is 34.7 Å². The first-order chi connectivity index (χ1) is 8.93. The van der Waals surface area contributed by atoms with Crippen LogP contribution >= 0.6 is 11.8 Å². The number of nitrogens with one attached hydrogen (secondary N) is 1. The molecule has 2 aromatic rings. The molecule has 18 heavy (non-hydrogen) atoms. The van der Waals surface area contributed by atoms with Gasteiger partial charge in [-0.05, 0) is 23.3 Å². The summed E-state index contributed by atoms with van der Waals surface area (Å²) in [5.74, 6) is 1.27. The van der Waals surface area contributed by atoms with E-state index >= 15 is 0 Å². The van der Waals surface area contributed by atoms with Gasteiger partial charge in [0.05, 0.1) is 0 Å². The Hall–Kier alpha value is -1.25. The van der Waals surface area contributed by atoms with Gasteiger partial charge in [-0.25, -0.2) is 0 Å². The fourth-order valence-corrected chi connectivity index (χ4v) is 4.42. The number of fused-ring (bicyclic) bond motifs is 5. The maximum absolute atomic E-state index is 3.56. The summed E-state index contributed by atoms with van der Waals surface area (Å²) in [5, 5.41) is 3.56. The third-order valence-electron chi connectivity index (χ3n) is 4.07. The highest BCUT2D eigenvalue weighted by Crippen LogP contribution is 2.48. The van der Waals surface area contributed by atoms with E-state index in [0.717, 1.165) is 13.1 Å². The fraction of sp³-hybridized carbons (Fsp3) is 0.250. The molecule has 0 saturated carbocycles. The molecule has 2 unspecified atom stereocenters. The lowest BCUT2D eigenvalue weighted by Gasteiger charge is -2.18. The van der Waals surface area contributed by atoms with Crippen LogP contribution in [-0.4, -0.2) is 13.1 Å². The van der Waals surface area contributed by atoms with Gasteiger partial charge in [-0.2, -0.15) is 0 Å². The van der Waals surface area contributed by atoms with Crippen LogP contribution in [0.5, 0.6) is 0 Å². The second kappa shape index (κ2) is 4.15. The number of hydrogen-bond donors (Lipinski definition) is 1. The van der Waals surface area contributed by atoms with Crippen molar-refractivity contribution in [3.8, 4) is 0 Å². The van der Waals surface area contributed by atoms with Gasteiger partial charge >= 0.3 is 0 Å². The molecule has 0 aromatic heterocycles. The van der Waals surface area contributed by atoms with E-state index < -0.39 is 0 Å². The topological polar surface area (TPSA) is 12.0 Å². The van der Waals surface area contributed by atoms with Crippen molar-refractivity contribution >= 4 is 11.8 Å². The zero-order valence-electron chi connectivity index (χ0n) is 10.1. The van der Waals surface area contributed by atoms with Crippen LogP contribution in [0, 0.1) is 0 Å². The Morgan fingerprint density at radius 2 is 1.28 bits per heavy atom. The van der Waals surface area contributed by atoms with Crippen molar-refractivity contribution in [3.63, 3.8) is 0 Å². The summed E-state index contributed by atoms with van der Waals surface area (Å²) >= 11 is 1.93. The zero-order chi connectivity index (χ0) is 11.9. The van der Waals surface area contributed by atoms with Gasteiger partial charge in [0.15, 0.2) is 0 Å². The second-order valence-corrected chi connectivity index (χ2v) is 6.13. The quantitative estimate of drug-likeness (QED) is 0.769. The summed E-state index contributed by atoms with van der Waals surface area (Å²) in [6.07, 6.45) is 0. The van der Waals surface area contributed by atoms with E-state index in [1.807, 2.05) is 11.8 Å². The Morgan fingerprint density at radius 3 is 1.83 bits per heavy atom. The van der Waals surface area contributed by atoms with Crippen molar-refractivity contribution in [2.45, 2.75) is 21.6 Å². The molecule has 0 aliphatic carbocycles. The van der Waals surface area contributed by atoms with Crippen LogP contribution in [0.3, 0.4) is 0 Å². The summed E-state index contributed by atoms with van der Waals surface area (Å²) < 4.78 is 0. The van der Waals surface area contributed by atoms with Crippen LogP contribution in [0.25, 0.3) is 0 Å². The van der Waals surface area contributed by atoms with Crippen molar-refractivity contribution in [2.75, 3.05) is 13.1 Å². The first kappa shape index (κ1) is 10.7. The molecule has 4 rings (SSSR count). The van der Waals surface area contributed by atoms with Crippen molar-refractivity contribution in [1.82, 2.24) is 5.32 Å². The highest BCUT2D eigenvalue weighted by Gasteiger charge is 2.34. The minimum absolute atomic E-state index is 0.636. The van der Waals surface area contributed by atoms with E-state index in [1.165, 1.54) is 20.9 Å². The molecule has 2 aromatic carbocycles. The summed E-state index contributed by atoms with van der Waals surface area (Å²) in [6, 6.07) is 17.8. The summed E-state index contributed by atoms with van der Waals surface area (Å²) in [7, 11) is 0. The SMILES string of the molecule is c1ccc2c(c1)Sc1ccccc1C1CNCC21. The molecular formula is C16H15NS. The highest BCUT2D eigenvalue weighted by atomic mass is 32.2. The average molecular weight is 253 g/mol. The molecule has 0 amide bonds. The van der Waals surface area contributed by atoms with Gasteiger partial charge in [-0.1, -0.05) is 48.2 Å². The lowest BCUT2D eigenvalue weighted by molar-refractivity contribution is 0.652. The van der Waals surface area contributed by atoms with Gasteiger partial charge in [0.2, 0.25) is 0 Å². The predicted molar refractivity (Wildman–Crippen MR) is 75.4 cm³/mol. The van der Waals surface area contributed by atoms with Crippen molar-refractivity contribution in [1.29, 1.82) is 0 Å². The van der Waals surface area contributed by atoms with Crippen molar-refractivity contribution < 1.29 is 0 Å². The lowest BCUT2D eigenvalue weighted by Crippen LogP contribution is -2.08. The second-order valence-electron chi connectivity index (χ2n) is 5.05. The molecule has 2 aliphatic heterocycles. The zero-order valence-corrected chi connectivity index (χ0v) is 10.9. The van der Waals surface area contributed by atoms with E-state index in [9.17, 15) is 0 Å². The Labute approximate surface area is 112 Å². The normalized spacial score (nSPS) is 24.9. The standard InChI is InChI=1S/C16H15NS/c1-3-7-15-11(5-1)13-9-17-10-14(13)12-6-2-4-8-16(12)18-15/h1-8,13-14,17H,9-10H2. The highest BCUT2D eigenvalue weighted by molar-refractivity contribution is 7.99. The Morgan fingerprint density at radius 1 is 0.778 bits per heavy atom. The van der Waals surface area contributed by atoms with E-state index in [2.05, 4.69) is 53.8 Å². The smallest absolute Gasteiger partial charge is 0.0158 e. The van der Waals surface area contributed by atoms with E-state index in [1.54, 1.807) is 0 Å². The first-order valence-corrected chi connectivity index (χ1v) is 7.31. The third-order valence-corrected chi connectivity index (χ3v) is 5.25. The summed E-state index contributed by atoms with van der Waals surface area (Å²) in [6.45, 7) is 2.22. The first-order valence-electron chi connectivity index (χ1n) is 6.50. The minimum atomic E-state index is 0.636. The van der Waals surface area contributed by atoms with Crippen LogP contribution in [0.4, 0.5) is 0 Å². The molecule has 1 N–H and O–H groups in total. The Balaban J connectivity index is 1.95. The van der Waals surface area contributed by atoms with Gasteiger partial charge < -0.3 is 5.32 Å². The van der Waals surface area contributed by atoms with Gasteiger partial charge in [0.25, 0.3) is 0 Å². The number of benzene rings is 2. The van der Waals surface area contributed by atoms with Gasteiger partial charge in [-0.3, -0.25) is 0 Å². The molecule has 0 bridgehead atoms. The molecule has 1 fully saturated rings. The molecule has 1 saturated heterocycles. The predicted octanol–water partition coefficient (Wildman–Crippen LogP) is 3.62. The van der Waals surface area contributed by atoms with Gasteiger partial charge in [-0.15, -0.1) is 0 Å². The molecule has 2 heteroatoms. The molecule has 0 spiro atoms. The van der Waals surface area contributed by atoms with Crippen molar-refractivity contribution in [3.05, 3.63) is 59.7 Å².